The van der Waals surface area contributed by atoms with Gasteiger partial charge in [-0.2, -0.15) is 0 Å². The second-order valence-electron chi connectivity index (χ2n) is 3.08. The summed E-state index contributed by atoms with van der Waals surface area (Å²) in [7, 11) is 0. The standard InChI is InChI=1S/C13H12S.Na.H/c1-2-10-14-13-9-5-7-11-6-3-4-8-12(11)13;;/h2-9H,1,10H2;;. The molecule has 2 aromatic rings. The van der Waals surface area contributed by atoms with Crippen LogP contribution in [0.5, 0.6) is 0 Å². The molecule has 15 heavy (non-hydrogen) atoms. The topological polar surface area (TPSA) is 0 Å². The average Bonchev–Trinajstić information content (AvgIpc) is 2.26. The molecule has 0 bridgehead atoms. The van der Waals surface area contributed by atoms with E-state index in [0.717, 1.165) is 5.75 Å². The Bertz CT molecular complexity index is 446. The van der Waals surface area contributed by atoms with E-state index >= 15 is 0 Å². The number of fused-ring (bicyclic) bond motifs is 1. The van der Waals surface area contributed by atoms with E-state index < -0.39 is 0 Å². The van der Waals surface area contributed by atoms with Gasteiger partial charge in [0.15, 0.2) is 0 Å². The fourth-order valence-corrected chi connectivity index (χ4v) is 2.28. The normalized spacial score (nSPS) is 9.60. The molecule has 0 N–H and O–H groups in total. The molecule has 0 atom stereocenters. The van der Waals surface area contributed by atoms with Crippen molar-refractivity contribution in [2.75, 3.05) is 5.75 Å². The number of hydrogen-bond acceptors (Lipinski definition) is 1. The third kappa shape index (κ3) is 3.12. The van der Waals surface area contributed by atoms with E-state index in [1.807, 2.05) is 17.8 Å². The number of hydrogen-bond donors (Lipinski definition) is 0. The maximum atomic E-state index is 3.73. The zero-order valence-corrected chi connectivity index (χ0v) is 8.76. The minimum absolute atomic E-state index is 0. The van der Waals surface area contributed by atoms with Gasteiger partial charge in [-0.15, -0.1) is 18.3 Å². The molecule has 0 nitrogen and oxygen atoms in total. The fraction of sp³-hybridized carbons (Fsp3) is 0.0769. The SMILES string of the molecule is C=CCSc1cccc2ccccc12.[NaH]. The summed E-state index contributed by atoms with van der Waals surface area (Å²) in [6.07, 6.45) is 1.94. The summed E-state index contributed by atoms with van der Waals surface area (Å²) in [6.45, 7) is 3.73. The quantitative estimate of drug-likeness (QED) is 0.437. The molecule has 0 unspecified atom stereocenters. The zero-order valence-electron chi connectivity index (χ0n) is 7.94. The Hall–Kier alpha value is -0.210. The van der Waals surface area contributed by atoms with Gasteiger partial charge in [0.2, 0.25) is 0 Å². The van der Waals surface area contributed by atoms with Crippen LogP contribution in [0.1, 0.15) is 0 Å². The molecular weight excluding hydrogens is 211 g/mol. The van der Waals surface area contributed by atoms with E-state index in [9.17, 15) is 0 Å². The summed E-state index contributed by atoms with van der Waals surface area (Å²) in [6, 6.07) is 14.9. The molecule has 72 valence electrons. The second kappa shape index (κ2) is 6.39. The molecule has 0 aliphatic heterocycles. The first-order chi connectivity index (χ1) is 6.92. The Kier molecular flexibility index (Phi) is 5.48. The van der Waals surface area contributed by atoms with Crippen molar-refractivity contribution in [3.05, 3.63) is 55.1 Å². The van der Waals surface area contributed by atoms with Crippen LogP contribution >= 0.6 is 11.8 Å². The average molecular weight is 224 g/mol. The van der Waals surface area contributed by atoms with Crippen molar-refractivity contribution in [1.29, 1.82) is 0 Å². The molecule has 0 aliphatic carbocycles. The van der Waals surface area contributed by atoms with Crippen molar-refractivity contribution in [2.45, 2.75) is 4.90 Å². The van der Waals surface area contributed by atoms with Gasteiger partial charge in [0.25, 0.3) is 0 Å². The summed E-state index contributed by atoms with van der Waals surface area (Å²) in [5.74, 6) is 0.966. The molecule has 0 heterocycles. The third-order valence-corrected chi connectivity index (χ3v) is 3.18. The van der Waals surface area contributed by atoms with Gasteiger partial charge in [-0.1, -0.05) is 42.5 Å². The van der Waals surface area contributed by atoms with Crippen LogP contribution in [0.3, 0.4) is 0 Å². The predicted molar refractivity (Wildman–Crippen MR) is 72.0 cm³/mol. The number of benzene rings is 2. The van der Waals surface area contributed by atoms with Gasteiger partial charge in [-0.25, -0.2) is 0 Å². The van der Waals surface area contributed by atoms with Crippen molar-refractivity contribution in [3.8, 4) is 0 Å². The van der Waals surface area contributed by atoms with Crippen LogP contribution in [-0.2, 0) is 0 Å². The Morgan fingerprint density at radius 2 is 1.80 bits per heavy atom. The second-order valence-corrected chi connectivity index (χ2v) is 4.14. The first-order valence-electron chi connectivity index (χ1n) is 4.63. The van der Waals surface area contributed by atoms with Gasteiger partial charge < -0.3 is 0 Å². The van der Waals surface area contributed by atoms with E-state index in [2.05, 4.69) is 49.0 Å². The van der Waals surface area contributed by atoms with Gasteiger partial charge in [-0.3, -0.25) is 0 Å². The Balaban J connectivity index is 0.00000112. The zero-order chi connectivity index (χ0) is 9.80. The Labute approximate surface area is 117 Å². The summed E-state index contributed by atoms with van der Waals surface area (Å²) >= 11 is 1.83. The molecule has 0 spiro atoms. The van der Waals surface area contributed by atoms with Gasteiger partial charge >= 0.3 is 29.6 Å². The predicted octanol–water partition coefficient (Wildman–Crippen LogP) is 3.47. The van der Waals surface area contributed by atoms with E-state index in [0.29, 0.717) is 0 Å². The fourth-order valence-electron chi connectivity index (χ4n) is 1.47. The molecule has 0 saturated heterocycles. The molecule has 0 amide bonds. The van der Waals surface area contributed by atoms with Crippen molar-refractivity contribution in [3.63, 3.8) is 0 Å². The molecule has 0 saturated carbocycles. The maximum absolute atomic E-state index is 3.73. The van der Waals surface area contributed by atoms with E-state index in [1.165, 1.54) is 15.7 Å². The minimum atomic E-state index is 0. The van der Waals surface area contributed by atoms with Crippen LogP contribution in [0.4, 0.5) is 0 Å². The van der Waals surface area contributed by atoms with E-state index in [4.69, 9.17) is 0 Å². The van der Waals surface area contributed by atoms with E-state index in [1.54, 1.807) is 0 Å². The van der Waals surface area contributed by atoms with Crippen LogP contribution < -0.4 is 0 Å². The van der Waals surface area contributed by atoms with Crippen molar-refractivity contribution in [2.24, 2.45) is 0 Å². The summed E-state index contributed by atoms with van der Waals surface area (Å²) in [5.41, 5.74) is 0. The van der Waals surface area contributed by atoms with Crippen LogP contribution in [0.25, 0.3) is 10.8 Å². The molecule has 0 aromatic heterocycles. The van der Waals surface area contributed by atoms with Gasteiger partial charge in [-0.05, 0) is 16.8 Å². The van der Waals surface area contributed by atoms with Crippen molar-refractivity contribution in [1.82, 2.24) is 0 Å². The molecule has 2 rings (SSSR count). The molecular formula is C13H13NaS. The molecule has 2 heteroatoms. The van der Waals surface area contributed by atoms with Crippen molar-refractivity contribution >= 4 is 52.1 Å². The van der Waals surface area contributed by atoms with Gasteiger partial charge in [0.05, 0.1) is 0 Å². The van der Waals surface area contributed by atoms with Crippen LogP contribution in [0.2, 0.25) is 0 Å². The molecule has 2 aromatic carbocycles. The number of thioether (sulfide) groups is 1. The van der Waals surface area contributed by atoms with Crippen LogP contribution in [-0.4, -0.2) is 35.3 Å². The molecule has 0 radical (unpaired) electrons. The monoisotopic (exact) mass is 224 g/mol. The first-order valence-corrected chi connectivity index (χ1v) is 5.62. The van der Waals surface area contributed by atoms with E-state index in [-0.39, 0.29) is 29.6 Å². The Morgan fingerprint density at radius 3 is 2.60 bits per heavy atom. The summed E-state index contributed by atoms with van der Waals surface area (Å²) in [5, 5.41) is 2.64. The molecule has 0 fully saturated rings. The summed E-state index contributed by atoms with van der Waals surface area (Å²) in [4.78, 5) is 1.34. The summed E-state index contributed by atoms with van der Waals surface area (Å²) < 4.78 is 0. The van der Waals surface area contributed by atoms with Crippen LogP contribution in [0.15, 0.2) is 60.0 Å². The Morgan fingerprint density at radius 1 is 1.07 bits per heavy atom. The van der Waals surface area contributed by atoms with Crippen LogP contribution in [0, 0.1) is 0 Å². The number of rotatable bonds is 3. The first kappa shape index (κ1) is 12.9. The molecule has 0 aliphatic rings. The van der Waals surface area contributed by atoms with Crippen molar-refractivity contribution < 1.29 is 0 Å². The van der Waals surface area contributed by atoms with Gasteiger partial charge in [0.1, 0.15) is 0 Å². The van der Waals surface area contributed by atoms with Gasteiger partial charge in [0, 0.05) is 10.6 Å². The third-order valence-electron chi connectivity index (χ3n) is 2.11.